The summed E-state index contributed by atoms with van der Waals surface area (Å²) in [5.41, 5.74) is 1.47. The molecule has 23 heavy (non-hydrogen) atoms. The Bertz CT molecular complexity index is 657. The first kappa shape index (κ1) is 16.8. The molecule has 0 saturated carbocycles. The van der Waals surface area contributed by atoms with Crippen molar-refractivity contribution in [2.75, 3.05) is 7.11 Å². The van der Waals surface area contributed by atoms with E-state index in [4.69, 9.17) is 9.47 Å². The molecule has 0 fully saturated rings. The molecule has 0 aliphatic heterocycles. The maximum Gasteiger partial charge on any atom is 0.251 e. The van der Waals surface area contributed by atoms with Crippen LogP contribution in [0.3, 0.4) is 0 Å². The molecule has 5 nitrogen and oxygen atoms in total. The molecule has 1 atom stereocenters. The number of carbonyl (C=O) groups is 1. The van der Waals surface area contributed by atoms with Crippen LogP contribution in [0.1, 0.15) is 42.7 Å². The van der Waals surface area contributed by atoms with Crippen LogP contribution in [0.25, 0.3) is 0 Å². The lowest BCUT2D eigenvalue weighted by molar-refractivity contribution is 0.0939. The van der Waals surface area contributed by atoms with Gasteiger partial charge in [-0.3, -0.25) is 9.78 Å². The minimum Gasteiger partial charge on any atom is -0.493 e. The molecule has 0 unspecified atom stereocenters. The monoisotopic (exact) mass is 314 g/mol. The zero-order valence-corrected chi connectivity index (χ0v) is 13.9. The fraction of sp³-hybridized carbons (Fsp3) is 0.333. The Hall–Kier alpha value is -2.56. The van der Waals surface area contributed by atoms with Gasteiger partial charge in [-0.2, -0.15) is 0 Å². The van der Waals surface area contributed by atoms with Crippen molar-refractivity contribution in [2.45, 2.75) is 32.9 Å². The fourth-order valence-electron chi connectivity index (χ4n) is 2.16. The smallest absolute Gasteiger partial charge is 0.251 e. The van der Waals surface area contributed by atoms with Gasteiger partial charge in [0.05, 0.1) is 19.3 Å². The van der Waals surface area contributed by atoms with E-state index in [2.05, 4.69) is 10.3 Å². The van der Waals surface area contributed by atoms with Crippen molar-refractivity contribution in [3.63, 3.8) is 0 Å². The predicted molar refractivity (Wildman–Crippen MR) is 88.9 cm³/mol. The Labute approximate surface area is 136 Å². The molecule has 1 aromatic heterocycles. The molecule has 0 spiro atoms. The van der Waals surface area contributed by atoms with Gasteiger partial charge in [-0.1, -0.05) is 6.07 Å². The van der Waals surface area contributed by atoms with Crippen LogP contribution in [0.4, 0.5) is 0 Å². The number of benzene rings is 1. The number of hydrogen-bond donors (Lipinski definition) is 1. The fourth-order valence-corrected chi connectivity index (χ4v) is 2.16. The van der Waals surface area contributed by atoms with Gasteiger partial charge in [0.1, 0.15) is 0 Å². The Kier molecular flexibility index (Phi) is 5.57. The van der Waals surface area contributed by atoms with Gasteiger partial charge >= 0.3 is 0 Å². The SMILES string of the molecule is COc1cc(C(=O)N[C@H](C)c2cccnc2)ccc1OC(C)C. The Morgan fingerprint density at radius 3 is 2.57 bits per heavy atom. The largest absolute Gasteiger partial charge is 0.493 e. The second-order valence-electron chi connectivity index (χ2n) is 5.51. The minimum absolute atomic E-state index is 0.0363. The molecule has 2 aromatic rings. The molecule has 1 N–H and O–H groups in total. The summed E-state index contributed by atoms with van der Waals surface area (Å²) < 4.78 is 11.0. The third kappa shape index (κ3) is 4.45. The molecule has 0 saturated heterocycles. The van der Waals surface area contributed by atoms with Crippen molar-refractivity contribution in [2.24, 2.45) is 0 Å². The summed E-state index contributed by atoms with van der Waals surface area (Å²) in [5, 5.41) is 2.95. The number of aromatic nitrogens is 1. The molecule has 0 radical (unpaired) electrons. The molecule has 0 aliphatic carbocycles. The van der Waals surface area contributed by atoms with E-state index in [1.807, 2.05) is 32.9 Å². The number of amides is 1. The Balaban J connectivity index is 2.13. The van der Waals surface area contributed by atoms with Crippen LogP contribution in [0.5, 0.6) is 11.5 Å². The number of methoxy groups -OCH3 is 1. The van der Waals surface area contributed by atoms with Gasteiger partial charge in [0.15, 0.2) is 11.5 Å². The second-order valence-corrected chi connectivity index (χ2v) is 5.51. The highest BCUT2D eigenvalue weighted by Gasteiger charge is 2.15. The Morgan fingerprint density at radius 2 is 1.96 bits per heavy atom. The van der Waals surface area contributed by atoms with Crippen molar-refractivity contribution in [3.05, 3.63) is 53.9 Å². The van der Waals surface area contributed by atoms with E-state index in [-0.39, 0.29) is 18.1 Å². The van der Waals surface area contributed by atoms with Gasteiger partial charge in [-0.25, -0.2) is 0 Å². The molecular weight excluding hydrogens is 292 g/mol. The molecule has 2 rings (SSSR count). The van der Waals surface area contributed by atoms with Gasteiger partial charge in [-0.15, -0.1) is 0 Å². The lowest BCUT2D eigenvalue weighted by atomic mass is 10.1. The van der Waals surface area contributed by atoms with Crippen LogP contribution in [-0.4, -0.2) is 24.1 Å². The average Bonchev–Trinajstić information content (AvgIpc) is 2.55. The highest BCUT2D eigenvalue weighted by Crippen LogP contribution is 2.29. The van der Waals surface area contributed by atoms with E-state index in [1.54, 1.807) is 37.7 Å². The topological polar surface area (TPSA) is 60.5 Å². The van der Waals surface area contributed by atoms with Crippen molar-refractivity contribution >= 4 is 5.91 Å². The first-order valence-electron chi connectivity index (χ1n) is 7.56. The van der Waals surface area contributed by atoms with E-state index in [1.165, 1.54) is 0 Å². The van der Waals surface area contributed by atoms with Crippen LogP contribution >= 0.6 is 0 Å². The highest BCUT2D eigenvalue weighted by atomic mass is 16.5. The molecule has 0 aliphatic rings. The van der Waals surface area contributed by atoms with Gasteiger partial charge in [0.2, 0.25) is 0 Å². The highest BCUT2D eigenvalue weighted by molar-refractivity contribution is 5.95. The van der Waals surface area contributed by atoms with E-state index in [0.29, 0.717) is 17.1 Å². The summed E-state index contributed by atoms with van der Waals surface area (Å²) in [6, 6.07) is 8.81. The van der Waals surface area contributed by atoms with Crippen molar-refractivity contribution in [3.8, 4) is 11.5 Å². The molecular formula is C18H22N2O3. The lowest BCUT2D eigenvalue weighted by Crippen LogP contribution is -2.26. The predicted octanol–water partition coefficient (Wildman–Crippen LogP) is 3.37. The molecule has 1 aromatic carbocycles. The van der Waals surface area contributed by atoms with Crippen LogP contribution in [0, 0.1) is 0 Å². The summed E-state index contributed by atoms with van der Waals surface area (Å²) in [6.45, 7) is 5.80. The normalized spacial score (nSPS) is 11.9. The first-order chi connectivity index (χ1) is 11.0. The van der Waals surface area contributed by atoms with Crippen LogP contribution in [0.15, 0.2) is 42.7 Å². The zero-order valence-electron chi connectivity index (χ0n) is 13.9. The number of rotatable bonds is 6. The maximum absolute atomic E-state index is 12.4. The molecule has 5 heteroatoms. The van der Waals surface area contributed by atoms with Crippen LogP contribution < -0.4 is 14.8 Å². The van der Waals surface area contributed by atoms with Crippen molar-refractivity contribution < 1.29 is 14.3 Å². The second kappa shape index (κ2) is 7.63. The summed E-state index contributed by atoms with van der Waals surface area (Å²) in [4.78, 5) is 16.5. The van der Waals surface area contributed by atoms with Crippen molar-refractivity contribution in [1.82, 2.24) is 10.3 Å². The standard InChI is InChI=1S/C18H22N2O3/c1-12(2)23-16-8-7-14(10-17(16)22-4)18(21)20-13(3)15-6-5-9-19-11-15/h5-13H,1-4H3,(H,20,21)/t13-/m1/s1. The number of nitrogens with zero attached hydrogens (tertiary/aromatic N) is 1. The van der Waals surface area contributed by atoms with Crippen LogP contribution in [0.2, 0.25) is 0 Å². The van der Waals surface area contributed by atoms with E-state index in [0.717, 1.165) is 5.56 Å². The zero-order chi connectivity index (χ0) is 16.8. The third-order valence-corrected chi connectivity index (χ3v) is 3.32. The first-order valence-corrected chi connectivity index (χ1v) is 7.56. The number of pyridine rings is 1. The quantitative estimate of drug-likeness (QED) is 0.888. The van der Waals surface area contributed by atoms with Gasteiger partial charge in [0.25, 0.3) is 5.91 Å². The van der Waals surface area contributed by atoms with E-state index in [9.17, 15) is 4.79 Å². The number of ether oxygens (including phenoxy) is 2. The molecule has 0 bridgehead atoms. The summed E-state index contributed by atoms with van der Waals surface area (Å²) in [7, 11) is 1.56. The summed E-state index contributed by atoms with van der Waals surface area (Å²) in [5.74, 6) is 0.996. The van der Waals surface area contributed by atoms with Gasteiger partial charge < -0.3 is 14.8 Å². The molecule has 1 heterocycles. The minimum atomic E-state index is -0.171. The van der Waals surface area contributed by atoms with Crippen molar-refractivity contribution in [1.29, 1.82) is 0 Å². The summed E-state index contributed by atoms with van der Waals surface area (Å²) >= 11 is 0. The van der Waals surface area contributed by atoms with Gasteiger partial charge in [-0.05, 0) is 50.6 Å². The lowest BCUT2D eigenvalue weighted by Gasteiger charge is -2.16. The number of carbonyl (C=O) groups excluding carboxylic acids is 1. The van der Waals surface area contributed by atoms with E-state index >= 15 is 0 Å². The number of nitrogens with one attached hydrogen (secondary N) is 1. The Morgan fingerprint density at radius 1 is 1.17 bits per heavy atom. The molecule has 1 amide bonds. The third-order valence-electron chi connectivity index (χ3n) is 3.32. The van der Waals surface area contributed by atoms with E-state index < -0.39 is 0 Å². The molecule has 122 valence electrons. The maximum atomic E-state index is 12.4. The summed E-state index contributed by atoms with van der Waals surface area (Å²) in [6.07, 6.45) is 3.48. The number of hydrogen-bond acceptors (Lipinski definition) is 4. The van der Waals surface area contributed by atoms with Crippen LogP contribution in [-0.2, 0) is 0 Å². The van der Waals surface area contributed by atoms with Gasteiger partial charge in [0, 0.05) is 18.0 Å². The average molecular weight is 314 g/mol.